The fraction of sp³-hybridized carbons (Fsp3) is 0.350. The van der Waals surface area contributed by atoms with Crippen LogP contribution in [-0.4, -0.2) is 57.2 Å². The molecule has 1 atom stereocenters. The summed E-state index contributed by atoms with van der Waals surface area (Å²) in [6.45, 7) is 1.67. The minimum Gasteiger partial charge on any atom is -0.325 e. The van der Waals surface area contributed by atoms with Crippen LogP contribution in [0.5, 0.6) is 0 Å². The summed E-state index contributed by atoms with van der Waals surface area (Å²) in [5.74, 6) is -0.615. The summed E-state index contributed by atoms with van der Waals surface area (Å²) in [4.78, 5) is 13.1. The molecule has 0 spiro atoms. The van der Waals surface area contributed by atoms with Gasteiger partial charge in [-0.2, -0.15) is 4.31 Å². The monoisotopic (exact) mass is 451 g/mol. The summed E-state index contributed by atoms with van der Waals surface area (Å²) < 4.78 is 52.3. The molecule has 2 aromatic rings. The predicted molar refractivity (Wildman–Crippen MR) is 115 cm³/mol. The van der Waals surface area contributed by atoms with E-state index in [2.05, 4.69) is 5.32 Å². The first kappa shape index (κ1) is 22.4. The van der Waals surface area contributed by atoms with Gasteiger partial charge in [-0.05, 0) is 42.7 Å². The van der Waals surface area contributed by atoms with Gasteiger partial charge in [0.15, 0.2) is 0 Å². The van der Waals surface area contributed by atoms with E-state index in [9.17, 15) is 21.6 Å². The van der Waals surface area contributed by atoms with Crippen molar-refractivity contribution in [1.29, 1.82) is 0 Å². The Balaban J connectivity index is 1.92. The number of carbonyl (C=O) groups excluding carboxylic acids is 1. The third-order valence-corrected chi connectivity index (χ3v) is 8.75. The van der Waals surface area contributed by atoms with E-state index in [1.54, 1.807) is 13.0 Å². The lowest BCUT2D eigenvalue weighted by atomic mass is 9.95. The van der Waals surface area contributed by atoms with Gasteiger partial charge in [0.25, 0.3) is 0 Å². The van der Waals surface area contributed by atoms with Crippen molar-refractivity contribution in [2.75, 3.05) is 25.2 Å². The number of nitrogens with one attached hydrogen (secondary N) is 1. The number of hydrogen-bond donors (Lipinski definition) is 1. The van der Waals surface area contributed by atoms with Crippen LogP contribution in [0.1, 0.15) is 18.1 Å². The van der Waals surface area contributed by atoms with Crippen molar-refractivity contribution in [3.63, 3.8) is 0 Å². The highest BCUT2D eigenvalue weighted by Gasteiger charge is 2.38. The molecule has 1 amide bonds. The van der Waals surface area contributed by atoms with Crippen LogP contribution in [-0.2, 0) is 37.8 Å². The minimum atomic E-state index is -3.66. The molecule has 30 heavy (non-hydrogen) atoms. The van der Waals surface area contributed by atoms with Gasteiger partial charge in [0.1, 0.15) is 6.04 Å². The number of fused-ring (bicyclic) bond motifs is 1. The van der Waals surface area contributed by atoms with E-state index in [0.29, 0.717) is 0 Å². The molecular formula is C20H25N3O5S2. The molecule has 0 radical (unpaired) electrons. The number of carbonyl (C=O) groups is 1. The van der Waals surface area contributed by atoms with Gasteiger partial charge in [-0.25, -0.2) is 21.1 Å². The molecule has 0 bridgehead atoms. The number of amides is 1. The maximum atomic E-state index is 13.1. The first-order valence-corrected chi connectivity index (χ1v) is 12.5. The highest BCUT2D eigenvalue weighted by Crippen LogP contribution is 2.27. The third-order valence-electron chi connectivity index (χ3n) is 5.11. The summed E-state index contributed by atoms with van der Waals surface area (Å²) in [7, 11) is -4.44. The normalized spacial score (nSPS) is 17.5. The predicted octanol–water partition coefficient (Wildman–Crippen LogP) is 1.65. The van der Waals surface area contributed by atoms with Crippen LogP contribution in [0.4, 0.5) is 5.69 Å². The van der Waals surface area contributed by atoms with Crippen LogP contribution in [0.2, 0.25) is 0 Å². The number of rotatable bonds is 6. The number of hydrogen-bond acceptors (Lipinski definition) is 5. The molecule has 162 valence electrons. The van der Waals surface area contributed by atoms with Gasteiger partial charge in [0.2, 0.25) is 26.0 Å². The molecule has 1 aliphatic rings. The van der Waals surface area contributed by atoms with Gasteiger partial charge in [-0.3, -0.25) is 4.79 Å². The number of nitrogens with zero attached hydrogens (tertiary/aromatic N) is 2. The lowest BCUT2D eigenvalue weighted by Gasteiger charge is -2.34. The molecule has 1 aliphatic heterocycles. The minimum absolute atomic E-state index is 0.0392. The van der Waals surface area contributed by atoms with Crippen molar-refractivity contribution in [3.05, 3.63) is 59.7 Å². The van der Waals surface area contributed by atoms with Gasteiger partial charge in [0, 0.05) is 26.3 Å². The van der Waals surface area contributed by atoms with Crippen LogP contribution in [0.25, 0.3) is 0 Å². The van der Waals surface area contributed by atoms with Gasteiger partial charge >= 0.3 is 0 Å². The fourth-order valence-electron chi connectivity index (χ4n) is 3.35. The van der Waals surface area contributed by atoms with Crippen LogP contribution in [0.3, 0.4) is 0 Å². The van der Waals surface area contributed by atoms with E-state index in [1.165, 1.54) is 36.6 Å². The standard InChI is InChI=1S/C20H25N3O5S2/c1-4-29(25,26)23-14-16-9-6-5-8-15(16)12-19(23)20(24)21-17-10-7-11-18(13-17)30(27,28)22(2)3/h5-11,13,19H,4,12,14H2,1-3H3,(H,21,24)/t19-/m1/s1. The molecular weight excluding hydrogens is 426 g/mol. The molecule has 1 N–H and O–H groups in total. The van der Waals surface area contributed by atoms with E-state index in [-0.39, 0.29) is 29.3 Å². The quantitative estimate of drug-likeness (QED) is 0.719. The summed E-state index contributed by atoms with van der Waals surface area (Å²) >= 11 is 0. The first-order chi connectivity index (χ1) is 14.1. The third kappa shape index (κ3) is 4.41. The van der Waals surface area contributed by atoms with Crippen LogP contribution < -0.4 is 5.32 Å². The molecule has 0 aliphatic carbocycles. The van der Waals surface area contributed by atoms with E-state index < -0.39 is 32.0 Å². The highest BCUT2D eigenvalue weighted by molar-refractivity contribution is 7.89. The second-order valence-corrected chi connectivity index (χ2v) is 11.6. The molecule has 0 aromatic heterocycles. The van der Waals surface area contributed by atoms with Crippen molar-refractivity contribution in [3.8, 4) is 0 Å². The zero-order valence-electron chi connectivity index (χ0n) is 17.1. The Labute approximate surface area is 177 Å². The van der Waals surface area contributed by atoms with Gasteiger partial charge in [-0.1, -0.05) is 30.3 Å². The summed E-state index contributed by atoms with van der Waals surface area (Å²) in [5, 5.41) is 2.69. The van der Waals surface area contributed by atoms with Crippen molar-refractivity contribution < 1.29 is 21.6 Å². The number of anilines is 1. The Kier molecular flexibility index (Phi) is 6.32. The average molecular weight is 452 g/mol. The molecule has 8 nitrogen and oxygen atoms in total. The molecule has 1 heterocycles. The Morgan fingerprint density at radius 2 is 1.73 bits per heavy atom. The Morgan fingerprint density at radius 3 is 2.37 bits per heavy atom. The Hall–Kier alpha value is -2.27. The zero-order valence-corrected chi connectivity index (χ0v) is 18.7. The molecule has 0 saturated heterocycles. The van der Waals surface area contributed by atoms with Gasteiger partial charge in [-0.15, -0.1) is 0 Å². The highest BCUT2D eigenvalue weighted by atomic mass is 32.2. The summed E-state index contributed by atoms with van der Waals surface area (Å²) in [6, 6.07) is 12.4. The van der Waals surface area contributed by atoms with Crippen molar-refractivity contribution in [1.82, 2.24) is 8.61 Å². The van der Waals surface area contributed by atoms with E-state index >= 15 is 0 Å². The molecule has 0 saturated carbocycles. The zero-order chi connectivity index (χ0) is 22.1. The smallest absolute Gasteiger partial charge is 0.243 e. The molecule has 0 fully saturated rings. The largest absolute Gasteiger partial charge is 0.325 e. The van der Waals surface area contributed by atoms with E-state index in [1.807, 2.05) is 24.3 Å². The molecule has 2 aromatic carbocycles. The topological polar surface area (TPSA) is 104 Å². The summed E-state index contributed by atoms with van der Waals surface area (Å²) in [6.07, 6.45) is 0.247. The van der Waals surface area contributed by atoms with Crippen LogP contribution in [0, 0.1) is 0 Å². The second kappa shape index (κ2) is 8.46. The van der Waals surface area contributed by atoms with E-state index in [0.717, 1.165) is 15.4 Å². The maximum absolute atomic E-state index is 13.1. The number of benzene rings is 2. The van der Waals surface area contributed by atoms with Crippen molar-refractivity contribution in [2.24, 2.45) is 0 Å². The van der Waals surface area contributed by atoms with E-state index in [4.69, 9.17) is 0 Å². The SMILES string of the molecule is CCS(=O)(=O)N1Cc2ccccc2C[C@@H]1C(=O)Nc1cccc(S(=O)(=O)N(C)C)c1. The number of sulfonamides is 2. The Morgan fingerprint density at radius 1 is 1.07 bits per heavy atom. The van der Waals surface area contributed by atoms with Crippen molar-refractivity contribution in [2.45, 2.75) is 30.8 Å². The van der Waals surface area contributed by atoms with Crippen molar-refractivity contribution >= 4 is 31.6 Å². The molecule has 3 rings (SSSR count). The molecule has 10 heteroatoms. The maximum Gasteiger partial charge on any atom is 0.243 e. The summed E-state index contributed by atoms with van der Waals surface area (Å²) in [5.41, 5.74) is 2.08. The fourth-order valence-corrected chi connectivity index (χ4v) is 5.52. The first-order valence-electron chi connectivity index (χ1n) is 9.46. The second-order valence-electron chi connectivity index (χ2n) is 7.24. The molecule has 0 unspecified atom stereocenters. The average Bonchev–Trinajstić information content (AvgIpc) is 2.72. The Bertz CT molecular complexity index is 1160. The van der Waals surface area contributed by atoms with Gasteiger partial charge < -0.3 is 5.32 Å². The van der Waals surface area contributed by atoms with Crippen LogP contribution >= 0.6 is 0 Å². The lowest BCUT2D eigenvalue weighted by molar-refractivity contribution is -0.120. The lowest BCUT2D eigenvalue weighted by Crippen LogP contribution is -2.51. The van der Waals surface area contributed by atoms with Gasteiger partial charge in [0.05, 0.1) is 10.6 Å². The van der Waals surface area contributed by atoms with Crippen LogP contribution in [0.15, 0.2) is 53.4 Å².